The molecule has 0 spiro atoms. The average Bonchev–Trinajstić information content (AvgIpc) is 2.17. The second kappa shape index (κ2) is 4.50. The van der Waals surface area contributed by atoms with Crippen LogP contribution in [0.4, 0.5) is 5.69 Å². The first-order valence-electron chi connectivity index (χ1n) is 4.30. The van der Waals surface area contributed by atoms with Crippen LogP contribution in [0.3, 0.4) is 0 Å². The Morgan fingerprint density at radius 1 is 1.50 bits per heavy atom. The Morgan fingerprint density at radius 2 is 2.21 bits per heavy atom. The number of nitrogen functional groups attached to an aromatic ring is 1. The number of anilines is 1. The molecule has 0 saturated heterocycles. The average molecular weight is 195 g/mol. The summed E-state index contributed by atoms with van der Waals surface area (Å²) in [6.07, 6.45) is 0. The van der Waals surface area contributed by atoms with Crippen LogP contribution in [0.1, 0.15) is 17.3 Å². The summed E-state index contributed by atoms with van der Waals surface area (Å²) in [5.41, 5.74) is 6.30. The van der Waals surface area contributed by atoms with E-state index in [0.29, 0.717) is 18.0 Å². The molecule has 14 heavy (non-hydrogen) atoms. The highest BCUT2D eigenvalue weighted by molar-refractivity contribution is 5.98. The normalized spacial score (nSPS) is 9.57. The third kappa shape index (κ3) is 1.96. The molecule has 0 aliphatic carbocycles. The monoisotopic (exact) mass is 195 g/mol. The highest BCUT2D eigenvalue weighted by Crippen LogP contribution is 2.24. The molecule has 0 fully saturated rings. The van der Waals surface area contributed by atoms with Crippen molar-refractivity contribution in [2.24, 2.45) is 0 Å². The van der Waals surface area contributed by atoms with Crippen molar-refractivity contribution in [3.63, 3.8) is 0 Å². The van der Waals surface area contributed by atoms with Gasteiger partial charge in [0.2, 0.25) is 0 Å². The molecule has 0 aromatic heterocycles. The zero-order valence-corrected chi connectivity index (χ0v) is 8.24. The maximum absolute atomic E-state index is 11.5. The molecule has 4 heteroatoms. The van der Waals surface area contributed by atoms with E-state index in [9.17, 15) is 4.79 Å². The van der Waals surface area contributed by atoms with E-state index in [0.717, 1.165) is 0 Å². The summed E-state index contributed by atoms with van der Waals surface area (Å²) in [6, 6.07) is 5.02. The zero-order chi connectivity index (χ0) is 10.6. The largest absolute Gasteiger partial charge is 0.496 e. The predicted molar refractivity (Wildman–Crippen MR) is 53.4 cm³/mol. The third-order valence-electron chi connectivity index (χ3n) is 1.76. The summed E-state index contributed by atoms with van der Waals surface area (Å²) in [7, 11) is 1.48. The van der Waals surface area contributed by atoms with Gasteiger partial charge in [-0.25, -0.2) is 4.79 Å². The molecule has 0 saturated carbocycles. The van der Waals surface area contributed by atoms with E-state index in [1.54, 1.807) is 25.1 Å². The lowest BCUT2D eigenvalue weighted by Crippen LogP contribution is -2.09. The standard InChI is InChI=1S/C10H13NO3/c1-3-14-10(12)9-7(11)5-4-6-8(9)13-2/h4-6H,3,11H2,1-2H3. The van der Waals surface area contributed by atoms with Crippen LogP contribution >= 0.6 is 0 Å². The number of carbonyl (C=O) groups is 1. The lowest BCUT2D eigenvalue weighted by atomic mass is 10.1. The van der Waals surface area contributed by atoms with Crippen molar-refractivity contribution < 1.29 is 14.3 Å². The summed E-state index contributed by atoms with van der Waals surface area (Å²) in [5.74, 6) is -0.0223. The van der Waals surface area contributed by atoms with Gasteiger partial charge in [-0.05, 0) is 19.1 Å². The van der Waals surface area contributed by atoms with Crippen LogP contribution in [0.5, 0.6) is 5.75 Å². The summed E-state index contributed by atoms with van der Waals surface area (Å²) in [6.45, 7) is 2.06. The van der Waals surface area contributed by atoms with Crippen LogP contribution in [-0.2, 0) is 4.74 Å². The number of hydrogen-bond donors (Lipinski definition) is 1. The number of benzene rings is 1. The van der Waals surface area contributed by atoms with Crippen LogP contribution in [0.2, 0.25) is 0 Å². The maximum atomic E-state index is 11.5. The molecule has 1 aromatic carbocycles. The molecule has 0 unspecified atom stereocenters. The molecule has 4 nitrogen and oxygen atoms in total. The number of methoxy groups -OCH3 is 1. The van der Waals surface area contributed by atoms with Crippen LogP contribution in [0.15, 0.2) is 18.2 Å². The van der Waals surface area contributed by atoms with Gasteiger partial charge in [0.1, 0.15) is 11.3 Å². The van der Waals surface area contributed by atoms with Gasteiger partial charge in [0.25, 0.3) is 0 Å². The Hall–Kier alpha value is -1.71. The quantitative estimate of drug-likeness (QED) is 0.585. The molecule has 1 aromatic rings. The van der Waals surface area contributed by atoms with Gasteiger partial charge in [0.05, 0.1) is 13.7 Å². The van der Waals surface area contributed by atoms with Gasteiger partial charge < -0.3 is 15.2 Å². The molecule has 0 bridgehead atoms. The van der Waals surface area contributed by atoms with Crippen molar-refractivity contribution in [2.45, 2.75) is 6.92 Å². The minimum atomic E-state index is -0.456. The SMILES string of the molecule is CCOC(=O)c1c(N)cccc1OC. The number of rotatable bonds is 3. The summed E-state index contributed by atoms with van der Waals surface area (Å²) in [5, 5.41) is 0. The molecule has 2 N–H and O–H groups in total. The van der Waals surface area contributed by atoms with Crippen molar-refractivity contribution in [2.75, 3.05) is 19.5 Å². The van der Waals surface area contributed by atoms with Crippen LogP contribution in [0, 0.1) is 0 Å². The zero-order valence-electron chi connectivity index (χ0n) is 8.24. The first-order valence-corrected chi connectivity index (χ1v) is 4.30. The van der Waals surface area contributed by atoms with E-state index in [2.05, 4.69) is 0 Å². The van der Waals surface area contributed by atoms with E-state index in [1.807, 2.05) is 0 Å². The summed E-state index contributed by atoms with van der Waals surface area (Å²) < 4.78 is 9.87. The minimum Gasteiger partial charge on any atom is -0.496 e. The summed E-state index contributed by atoms with van der Waals surface area (Å²) in [4.78, 5) is 11.5. The number of esters is 1. The Labute approximate surface area is 82.6 Å². The molecular formula is C10H13NO3. The topological polar surface area (TPSA) is 61.5 Å². The van der Waals surface area contributed by atoms with Gasteiger partial charge >= 0.3 is 5.97 Å². The van der Waals surface area contributed by atoms with E-state index in [4.69, 9.17) is 15.2 Å². The Bertz CT molecular complexity index is 336. The fourth-order valence-corrected chi connectivity index (χ4v) is 1.14. The number of ether oxygens (including phenoxy) is 2. The molecule has 0 aliphatic rings. The van der Waals surface area contributed by atoms with Crippen molar-refractivity contribution in [3.8, 4) is 5.75 Å². The second-order valence-electron chi connectivity index (χ2n) is 2.64. The first-order chi connectivity index (χ1) is 6.70. The lowest BCUT2D eigenvalue weighted by molar-refractivity contribution is 0.0524. The van der Waals surface area contributed by atoms with Gasteiger partial charge in [0.15, 0.2) is 0 Å². The number of carbonyl (C=O) groups excluding carboxylic acids is 1. The molecule has 0 radical (unpaired) electrons. The number of nitrogens with two attached hydrogens (primary N) is 1. The van der Waals surface area contributed by atoms with Gasteiger partial charge in [-0.3, -0.25) is 0 Å². The minimum absolute atomic E-state index is 0.289. The Morgan fingerprint density at radius 3 is 2.79 bits per heavy atom. The molecule has 0 heterocycles. The molecule has 0 aliphatic heterocycles. The van der Waals surface area contributed by atoms with Gasteiger partial charge in [-0.1, -0.05) is 6.07 Å². The first kappa shape index (κ1) is 10.4. The van der Waals surface area contributed by atoms with Gasteiger partial charge in [-0.15, -0.1) is 0 Å². The molecular weight excluding hydrogens is 182 g/mol. The summed E-state index contributed by atoms with van der Waals surface area (Å²) >= 11 is 0. The lowest BCUT2D eigenvalue weighted by Gasteiger charge is -2.09. The molecule has 0 amide bonds. The van der Waals surface area contributed by atoms with Crippen LogP contribution in [0.25, 0.3) is 0 Å². The van der Waals surface area contributed by atoms with Crippen LogP contribution in [-0.4, -0.2) is 19.7 Å². The van der Waals surface area contributed by atoms with Crippen molar-refractivity contribution in [1.82, 2.24) is 0 Å². The smallest absolute Gasteiger partial charge is 0.344 e. The van der Waals surface area contributed by atoms with E-state index < -0.39 is 5.97 Å². The van der Waals surface area contributed by atoms with Gasteiger partial charge in [-0.2, -0.15) is 0 Å². The highest BCUT2D eigenvalue weighted by Gasteiger charge is 2.16. The second-order valence-corrected chi connectivity index (χ2v) is 2.64. The van der Waals surface area contributed by atoms with Crippen molar-refractivity contribution >= 4 is 11.7 Å². The van der Waals surface area contributed by atoms with Crippen LogP contribution < -0.4 is 10.5 Å². The van der Waals surface area contributed by atoms with Crippen molar-refractivity contribution in [1.29, 1.82) is 0 Å². The number of hydrogen-bond acceptors (Lipinski definition) is 4. The molecule has 76 valence electrons. The molecule has 0 atom stereocenters. The fraction of sp³-hybridized carbons (Fsp3) is 0.300. The Kier molecular flexibility index (Phi) is 3.34. The molecule has 1 rings (SSSR count). The van der Waals surface area contributed by atoms with E-state index in [-0.39, 0.29) is 5.56 Å². The van der Waals surface area contributed by atoms with E-state index >= 15 is 0 Å². The predicted octanol–water partition coefficient (Wildman–Crippen LogP) is 1.45. The third-order valence-corrected chi connectivity index (χ3v) is 1.76. The van der Waals surface area contributed by atoms with Gasteiger partial charge in [0, 0.05) is 5.69 Å². The van der Waals surface area contributed by atoms with Crippen molar-refractivity contribution in [3.05, 3.63) is 23.8 Å². The Balaban J connectivity index is 3.10. The fourth-order valence-electron chi connectivity index (χ4n) is 1.14. The maximum Gasteiger partial charge on any atom is 0.344 e. The highest BCUT2D eigenvalue weighted by atomic mass is 16.5. The van der Waals surface area contributed by atoms with E-state index in [1.165, 1.54) is 7.11 Å².